The van der Waals surface area contributed by atoms with Crippen LogP contribution in [0.4, 0.5) is 11.6 Å². The van der Waals surface area contributed by atoms with E-state index in [1.165, 1.54) is 19.2 Å². The summed E-state index contributed by atoms with van der Waals surface area (Å²) in [6, 6.07) is 2.70. The van der Waals surface area contributed by atoms with Gasteiger partial charge in [-0.2, -0.15) is 5.10 Å². The summed E-state index contributed by atoms with van der Waals surface area (Å²) in [6.45, 7) is 6.43. The Kier molecular flexibility index (Phi) is 4.75. The molecule has 2 aromatic heterocycles. The lowest BCUT2D eigenvalue weighted by Crippen LogP contribution is -2.37. The molecule has 0 saturated carbocycles. The summed E-state index contributed by atoms with van der Waals surface area (Å²) in [5, 5.41) is 6.73. The topological polar surface area (TPSA) is 102 Å². The standard InChI is InChI=1S/C16H20N6O3/c1-10-14(19-15(24)12-4-5-13(23)21(3)20-12)11(2)18-16(17-10)22-6-8-25-9-7-22/h4-5H,6-9H2,1-3H3,(H,19,24). The molecule has 1 saturated heterocycles. The number of carbonyl (C=O) groups excluding carboxylic acids is 1. The number of nitrogens with zero attached hydrogens (tertiary/aromatic N) is 5. The Bertz CT molecular complexity index is 834. The van der Waals surface area contributed by atoms with Crippen molar-refractivity contribution in [1.82, 2.24) is 19.7 Å². The van der Waals surface area contributed by atoms with E-state index in [1.807, 2.05) is 13.8 Å². The Balaban J connectivity index is 1.83. The van der Waals surface area contributed by atoms with E-state index in [9.17, 15) is 9.59 Å². The zero-order valence-corrected chi connectivity index (χ0v) is 14.4. The van der Waals surface area contributed by atoms with Crippen molar-refractivity contribution in [2.24, 2.45) is 7.05 Å². The lowest BCUT2D eigenvalue weighted by Gasteiger charge is -2.27. The third-order valence-corrected chi connectivity index (χ3v) is 3.98. The fraction of sp³-hybridized carbons (Fsp3) is 0.438. The van der Waals surface area contributed by atoms with Gasteiger partial charge in [-0.25, -0.2) is 14.6 Å². The average molecular weight is 344 g/mol. The Morgan fingerprint density at radius 2 is 1.80 bits per heavy atom. The lowest BCUT2D eigenvalue weighted by atomic mass is 10.2. The number of nitrogens with one attached hydrogen (secondary N) is 1. The monoisotopic (exact) mass is 344 g/mol. The van der Waals surface area contributed by atoms with Gasteiger partial charge in [0.25, 0.3) is 11.5 Å². The number of hydrogen-bond acceptors (Lipinski definition) is 7. The van der Waals surface area contributed by atoms with Gasteiger partial charge in [0.05, 0.1) is 30.3 Å². The fourth-order valence-corrected chi connectivity index (χ4v) is 2.59. The molecular weight excluding hydrogens is 324 g/mol. The molecular formula is C16H20N6O3. The van der Waals surface area contributed by atoms with Gasteiger partial charge in [0.2, 0.25) is 5.95 Å². The summed E-state index contributed by atoms with van der Waals surface area (Å²) < 4.78 is 6.46. The number of rotatable bonds is 3. The predicted molar refractivity (Wildman–Crippen MR) is 92.0 cm³/mol. The van der Waals surface area contributed by atoms with E-state index in [4.69, 9.17) is 4.74 Å². The van der Waals surface area contributed by atoms with Gasteiger partial charge in [0.15, 0.2) is 0 Å². The van der Waals surface area contributed by atoms with Crippen LogP contribution in [-0.2, 0) is 11.8 Å². The molecule has 9 nitrogen and oxygen atoms in total. The van der Waals surface area contributed by atoms with Crippen molar-refractivity contribution in [3.8, 4) is 0 Å². The molecule has 2 aromatic rings. The highest BCUT2D eigenvalue weighted by atomic mass is 16.5. The molecule has 1 aliphatic rings. The SMILES string of the molecule is Cc1nc(N2CCOCC2)nc(C)c1NC(=O)c1ccc(=O)n(C)n1. The first-order valence-electron chi connectivity index (χ1n) is 7.99. The molecule has 0 atom stereocenters. The van der Waals surface area contributed by atoms with E-state index in [0.29, 0.717) is 36.2 Å². The first-order valence-corrected chi connectivity index (χ1v) is 7.99. The van der Waals surface area contributed by atoms with Gasteiger partial charge in [-0.05, 0) is 19.9 Å². The molecule has 0 aliphatic carbocycles. The zero-order chi connectivity index (χ0) is 18.0. The maximum atomic E-state index is 12.4. The smallest absolute Gasteiger partial charge is 0.276 e. The highest BCUT2D eigenvalue weighted by molar-refractivity contribution is 6.03. The minimum Gasteiger partial charge on any atom is -0.378 e. The van der Waals surface area contributed by atoms with Crippen molar-refractivity contribution >= 4 is 17.5 Å². The summed E-state index contributed by atoms with van der Waals surface area (Å²) >= 11 is 0. The van der Waals surface area contributed by atoms with E-state index >= 15 is 0 Å². The zero-order valence-electron chi connectivity index (χ0n) is 14.4. The van der Waals surface area contributed by atoms with Crippen LogP contribution in [0.1, 0.15) is 21.9 Å². The van der Waals surface area contributed by atoms with Crippen LogP contribution < -0.4 is 15.8 Å². The highest BCUT2D eigenvalue weighted by Gasteiger charge is 2.18. The third kappa shape index (κ3) is 3.66. The van der Waals surface area contributed by atoms with Crippen molar-refractivity contribution in [2.45, 2.75) is 13.8 Å². The molecule has 0 unspecified atom stereocenters. The molecule has 1 fully saturated rings. The molecule has 0 bridgehead atoms. The number of carbonyl (C=O) groups is 1. The number of ether oxygens (including phenoxy) is 1. The normalized spacial score (nSPS) is 14.4. The summed E-state index contributed by atoms with van der Waals surface area (Å²) in [6.07, 6.45) is 0. The number of anilines is 2. The van der Waals surface area contributed by atoms with E-state index in [-0.39, 0.29) is 11.3 Å². The van der Waals surface area contributed by atoms with Crippen LogP contribution >= 0.6 is 0 Å². The molecule has 25 heavy (non-hydrogen) atoms. The minimum atomic E-state index is -0.412. The van der Waals surface area contributed by atoms with E-state index in [0.717, 1.165) is 17.8 Å². The van der Waals surface area contributed by atoms with Crippen molar-refractivity contribution in [3.63, 3.8) is 0 Å². The molecule has 1 amide bonds. The summed E-state index contributed by atoms with van der Waals surface area (Å²) in [4.78, 5) is 34.8. The highest BCUT2D eigenvalue weighted by Crippen LogP contribution is 2.21. The molecule has 9 heteroatoms. The Hall–Kier alpha value is -2.81. The van der Waals surface area contributed by atoms with E-state index in [1.54, 1.807) is 0 Å². The van der Waals surface area contributed by atoms with Crippen molar-refractivity contribution in [1.29, 1.82) is 0 Å². The molecule has 1 N–H and O–H groups in total. The first-order chi connectivity index (χ1) is 12.0. The predicted octanol–water partition coefficient (Wildman–Crippen LogP) is 0.276. The van der Waals surface area contributed by atoms with Crippen LogP contribution in [0.5, 0.6) is 0 Å². The van der Waals surface area contributed by atoms with Crippen molar-refractivity contribution < 1.29 is 9.53 Å². The second-order valence-electron chi connectivity index (χ2n) is 5.80. The maximum absolute atomic E-state index is 12.4. The van der Waals surface area contributed by atoms with Crippen LogP contribution in [0.3, 0.4) is 0 Å². The van der Waals surface area contributed by atoms with Gasteiger partial charge < -0.3 is 15.0 Å². The first kappa shape index (κ1) is 17.0. The number of aryl methyl sites for hydroxylation is 3. The average Bonchev–Trinajstić information content (AvgIpc) is 2.61. The van der Waals surface area contributed by atoms with Gasteiger partial charge in [0.1, 0.15) is 5.69 Å². The fourth-order valence-electron chi connectivity index (χ4n) is 2.59. The van der Waals surface area contributed by atoms with Crippen LogP contribution in [0.25, 0.3) is 0 Å². The second-order valence-corrected chi connectivity index (χ2v) is 5.80. The van der Waals surface area contributed by atoms with Gasteiger partial charge in [-0.3, -0.25) is 9.59 Å². The van der Waals surface area contributed by atoms with Crippen LogP contribution in [0.2, 0.25) is 0 Å². The van der Waals surface area contributed by atoms with Gasteiger partial charge >= 0.3 is 0 Å². The summed E-state index contributed by atoms with van der Waals surface area (Å²) in [5.74, 6) is 0.223. The molecule has 3 rings (SSSR count). The molecule has 0 spiro atoms. The quantitative estimate of drug-likeness (QED) is 0.853. The van der Waals surface area contributed by atoms with Crippen molar-refractivity contribution in [2.75, 3.05) is 36.5 Å². The van der Waals surface area contributed by atoms with Crippen molar-refractivity contribution in [3.05, 3.63) is 39.6 Å². The molecule has 1 aliphatic heterocycles. The second kappa shape index (κ2) is 6.98. The Morgan fingerprint density at radius 1 is 1.16 bits per heavy atom. The van der Waals surface area contributed by atoms with E-state index < -0.39 is 5.91 Å². The maximum Gasteiger partial charge on any atom is 0.276 e. The number of morpholine rings is 1. The lowest BCUT2D eigenvalue weighted by molar-refractivity contribution is 0.102. The van der Waals surface area contributed by atoms with Gasteiger partial charge in [-0.15, -0.1) is 0 Å². The molecule has 3 heterocycles. The Morgan fingerprint density at radius 3 is 2.40 bits per heavy atom. The number of hydrogen-bond donors (Lipinski definition) is 1. The van der Waals surface area contributed by atoms with Gasteiger partial charge in [-0.1, -0.05) is 0 Å². The summed E-state index contributed by atoms with van der Waals surface area (Å²) in [7, 11) is 1.50. The van der Waals surface area contributed by atoms with Crippen LogP contribution in [0.15, 0.2) is 16.9 Å². The third-order valence-electron chi connectivity index (χ3n) is 3.98. The minimum absolute atomic E-state index is 0.151. The van der Waals surface area contributed by atoms with Crippen LogP contribution in [0, 0.1) is 13.8 Å². The largest absolute Gasteiger partial charge is 0.378 e. The molecule has 0 aromatic carbocycles. The number of aromatic nitrogens is 4. The summed E-state index contributed by atoms with van der Waals surface area (Å²) in [5.41, 5.74) is 1.78. The molecule has 132 valence electrons. The molecule has 0 radical (unpaired) electrons. The van der Waals surface area contributed by atoms with Crippen LogP contribution in [-0.4, -0.2) is 52.0 Å². The van der Waals surface area contributed by atoms with Gasteiger partial charge in [0, 0.05) is 26.2 Å². The number of amides is 1. The van der Waals surface area contributed by atoms with E-state index in [2.05, 4.69) is 25.3 Å². The Labute approximate surface area is 144 Å².